The van der Waals surface area contributed by atoms with Crippen LogP contribution in [0.3, 0.4) is 0 Å². The Bertz CT molecular complexity index is 662. The van der Waals surface area contributed by atoms with Gasteiger partial charge in [-0.3, -0.25) is 4.79 Å². The topological polar surface area (TPSA) is 46.3 Å². The van der Waals surface area contributed by atoms with Gasteiger partial charge in [0, 0.05) is 12.2 Å². The van der Waals surface area contributed by atoms with Gasteiger partial charge in [-0.25, -0.2) is 0 Å². The molecule has 0 saturated heterocycles. The Labute approximate surface area is 144 Å². The van der Waals surface area contributed by atoms with E-state index in [9.17, 15) is 4.79 Å². The maximum Gasteiger partial charge on any atom is 0.227 e. The average molecular weight is 322 g/mol. The molecule has 2 N–H and O–H groups in total. The van der Waals surface area contributed by atoms with Gasteiger partial charge in [0.2, 0.25) is 5.91 Å². The highest BCUT2D eigenvalue weighted by atomic mass is 16.2. The molecule has 126 valence electrons. The van der Waals surface area contributed by atoms with Gasteiger partial charge < -0.3 is 10.6 Å². The fraction of sp³-hybridized carbons (Fsp3) is 0.381. The van der Waals surface area contributed by atoms with E-state index >= 15 is 0 Å². The van der Waals surface area contributed by atoms with Crippen molar-refractivity contribution < 1.29 is 4.79 Å². The van der Waals surface area contributed by atoms with Crippen molar-refractivity contribution in [3.05, 3.63) is 65.7 Å². The summed E-state index contributed by atoms with van der Waals surface area (Å²) in [7, 11) is 0. The predicted octanol–water partition coefficient (Wildman–Crippen LogP) is 4.20. The van der Waals surface area contributed by atoms with Crippen LogP contribution in [-0.4, -0.2) is 17.4 Å². The van der Waals surface area contributed by atoms with Gasteiger partial charge in [0.25, 0.3) is 0 Å². The molecule has 3 nitrogen and oxygen atoms in total. The van der Waals surface area contributed by atoms with Crippen LogP contribution in [0.2, 0.25) is 0 Å². The van der Waals surface area contributed by atoms with E-state index in [-0.39, 0.29) is 11.9 Å². The molecule has 0 radical (unpaired) electrons. The molecule has 3 rings (SSSR count). The van der Waals surface area contributed by atoms with Crippen LogP contribution in [0.1, 0.15) is 43.4 Å². The molecule has 1 aliphatic carbocycles. The van der Waals surface area contributed by atoms with Crippen molar-refractivity contribution in [1.29, 1.82) is 0 Å². The number of nitrogens with zero attached hydrogens (tertiary/aromatic N) is 1. The lowest BCUT2D eigenvalue weighted by Gasteiger charge is -2.36. The number of amides is 1. The number of hydrogen-bond acceptors (Lipinski definition) is 2. The van der Waals surface area contributed by atoms with Gasteiger partial charge in [-0.1, -0.05) is 48.9 Å². The highest BCUT2D eigenvalue weighted by molar-refractivity contribution is 5.79. The molecule has 1 atom stereocenters. The lowest BCUT2D eigenvalue weighted by Crippen LogP contribution is -2.40. The van der Waals surface area contributed by atoms with E-state index in [0.717, 1.165) is 17.8 Å². The molecule has 0 aromatic heterocycles. The highest BCUT2D eigenvalue weighted by Crippen LogP contribution is 2.31. The molecule has 0 spiro atoms. The summed E-state index contributed by atoms with van der Waals surface area (Å²) in [6.07, 6.45) is 4.22. The highest BCUT2D eigenvalue weighted by Gasteiger charge is 2.27. The van der Waals surface area contributed by atoms with E-state index in [4.69, 9.17) is 5.73 Å². The van der Waals surface area contributed by atoms with Crippen LogP contribution in [0.4, 0.5) is 5.69 Å². The Balaban J connectivity index is 1.75. The van der Waals surface area contributed by atoms with Crippen molar-refractivity contribution in [3.8, 4) is 0 Å². The Morgan fingerprint density at radius 2 is 1.79 bits per heavy atom. The van der Waals surface area contributed by atoms with Crippen molar-refractivity contribution in [2.24, 2.45) is 5.92 Å². The van der Waals surface area contributed by atoms with Crippen molar-refractivity contribution in [3.63, 3.8) is 0 Å². The minimum absolute atomic E-state index is 0.105. The van der Waals surface area contributed by atoms with Crippen molar-refractivity contribution in [2.75, 3.05) is 12.3 Å². The maximum atomic E-state index is 13.0. The molecular formula is C21H26N2O. The first kappa shape index (κ1) is 16.6. The summed E-state index contributed by atoms with van der Waals surface area (Å²) in [5.74, 6) is 0.856. The zero-order valence-corrected chi connectivity index (χ0v) is 14.3. The van der Waals surface area contributed by atoms with E-state index in [1.54, 1.807) is 0 Å². The SMILES string of the molecule is CC(c1ccccc1)N(CC1CCC1)C(=O)Cc1ccc(N)cc1. The number of rotatable bonds is 6. The molecule has 2 aromatic rings. The number of benzene rings is 2. The van der Waals surface area contributed by atoms with Crippen LogP contribution in [0.25, 0.3) is 0 Å². The molecule has 1 aliphatic rings. The molecule has 1 unspecified atom stereocenters. The number of nitrogens with two attached hydrogens (primary N) is 1. The first-order valence-corrected chi connectivity index (χ1v) is 8.82. The normalized spacial score (nSPS) is 15.5. The number of carbonyl (C=O) groups excluding carboxylic acids is 1. The van der Waals surface area contributed by atoms with Gasteiger partial charge in [0.1, 0.15) is 0 Å². The van der Waals surface area contributed by atoms with Crippen LogP contribution in [0.15, 0.2) is 54.6 Å². The predicted molar refractivity (Wildman–Crippen MR) is 98.5 cm³/mol. The average Bonchev–Trinajstić information content (AvgIpc) is 2.56. The Morgan fingerprint density at radius 1 is 1.12 bits per heavy atom. The largest absolute Gasteiger partial charge is 0.399 e. The van der Waals surface area contributed by atoms with Gasteiger partial charge in [-0.2, -0.15) is 0 Å². The number of anilines is 1. The fourth-order valence-electron chi connectivity index (χ4n) is 3.25. The second-order valence-corrected chi connectivity index (χ2v) is 6.85. The van der Waals surface area contributed by atoms with Gasteiger partial charge in [-0.15, -0.1) is 0 Å². The minimum Gasteiger partial charge on any atom is -0.399 e. The van der Waals surface area contributed by atoms with E-state index in [0.29, 0.717) is 12.3 Å². The van der Waals surface area contributed by atoms with Crippen LogP contribution < -0.4 is 5.73 Å². The summed E-state index contributed by atoms with van der Waals surface area (Å²) in [6.45, 7) is 3.00. The third-order valence-electron chi connectivity index (χ3n) is 5.08. The quantitative estimate of drug-likeness (QED) is 0.810. The Morgan fingerprint density at radius 3 is 2.38 bits per heavy atom. The summed E-state index contributed by atoms with van der Waals surface area (Å²) < 4.78 is 0. The summed E-state index contributed by atoms with van der Waals surface area (Å²) in [5, 5.41) is 0. The second kappa shape index (κ2) is 7.52. The third kappa shape index (κ3) is 3.97. The third-order valence-corrected chi connectivity index (χ3v) is 5.08. The Kier molecular flexibility index (Phi) is 5.19. The van der Waals surface area contributed by atoms with Gasteiger partial charge in [0.15, 0.2) is 0 Å². The van der Waals surface area contributed by atoms with E-state index in [1.807, 2.05) is 42.5 Å². The minimum atomic E-state index is 0.105. The molecule has 0 bridgehead atoms. The molecule has 1 amide bonds. The molecular weight excluding hydrogens is 296 g/mol. The molecule has 0 heterocycles. The van der Waals surface area contributed by atoms with Crippen molar-refractivity contribution >= 4 is 11.6 Å². The summed E-state index contributed by atoms with van der Waals surface area (Å²) in [4.78, 5) is 15.0. The van der Waals surface area contributed by atoms with Gasteiger partial charge >= 0.3 is 0 Å². The first-order chi connectivity index (χ1) is 11.6. The lowest BCUT2D eigenvalue weighted by atomic mass is 9.84. The van der Waals surface area contributed by atoms with Crippen LogP contribution in [-0.2, 0) is 11.2 Å². The van der Waals surface area contributed by atoms with E-state index in [1.165, 1.54) is 24.8 Å². The van der Waals surface area contributed by atoms with Gasteiger partial charge in [-0.05, 0) is 48.9 Å². The summed E-state index contributed by atoms with van der Waals surface area (Å²) >= 11 is 0. The van der Waals surface area contributed by atoms with E-state index < -0.39 is 0 Å². The summed E-state index contributed by atoms with van der Waals surface area (Å²) in [5.41, 5.74) is 8.69. The van der Waals surface area contributed by atoms with E-state index in [2.05, 4.69) is 24.0 Å². The van der Waals surface area contributed by atoms with Crippen LogP contribution in [0.5, 0.6) is 0 Å². The van der Waals surface area contributed by atoms with Gasteiger partial charge in [0.05, 0.1) is 12.5 Å². The second-order valence-electron chi connectivity index (χ2n) is 6.85. The first-order valence-electron chi connectivity index (χ1n) is 8.82. The number of carbonyl (C=O) groups is 1. The molecule has 2 aromatic carbocycles. The zero-order valence-electron chi connectivity index (χ0n) is 14.3. The number of nitrogen functional groups attached to an aromatic ring is 1. The smallest absolute Gasteiger partial charge is 0.227 e. The fourth-order valence-corrected chi connectivity index (χ4v) is 3.25. The monoisotopic (exact) mass is 322 g/mol. The molecule has 1 fully saturated rings. The molecule has 3 heteroatoms. The van der Waals surface area contributed by atoms with Crippen molar-refractivity contribution in [1.82, 2.24) is 4.90 Å². The maximum absolute atomic E-state index is 13.0. The summed E-state index contributed by atoms with van der Waals surface area (Å²) in [6, 6.07) is 18.0. The van der Waals surface area contributed by atoms with Crippen LogP contribution in [0, 0.1) is 5.92 Å². The van der Waals surface area contributed by atoms with Crippen molar-refractivity contribution in [2.45, 2.75) is 38.6 Å². The zero-order chi connectivity index (χ0) is 16.9. The lowest BCUT2D eigenvalue weighted by molar-refractivity contribution is -0.133. The Hall–Kier alpha value is -2.29. The standard InChI is InChI=1S/C21H26N2O/c1-16(19-8-3-2-4-9-19)23(15-18-6-5-7-18)21(24)14-17-10-12-20(22)13-11-17/h2-4,8-13,16,18H,5-7,14-15,22H2,1H3. The number of hydrogen-bond donors (Lipinski definition) is 1. The van der Waals surface area contributed by atoms with Crippen LogP contribution >= 0.6 is 0 Å². The molecule has 1 saturated carbocycles. The molecule has 24 heavy (non-hydrogen) atoms. The molecule has 0 aliphatic heterocycles.